The Balaban J connectivity index is 1.38. The van der Waals surface area contributed by atoms with E-state index in [9.17, 15) is 18.0 Å². The zero-order valence-corrected chi connectivity index (χ0v) is 19.5. The maximum Gasteiger partial charge on any atom is 0.338 e. The number of sulfonamides is 1. The smallest absolute Gasteiger partial charge is 0.338 e. The number of amides is 1. The molecular formula is C26H22N2O6S. The summed E-state index contributed by atoms with van der Waals surface area (Å²) in [4.78, 5) is 24.6. The lowest BCUT2D eigenvalue weighted by Crippen LogP contribution is -2.21. The molecule has 8 nitrogen and oxygen atoms in total. The predicted molar refractivity (Wildman–Crippen MR) is 133 cm³/mol. The first-order chi connectivity index (χ1) is 16.8. The fraction of sp³-hybridized carbons (Fsp3) is 0.0769. The molecule has 0 aliphatic carbocycles. The van der Waals surface area contributed by atoms with Gasteiger partial charge in [-0.1, -0.05) is 36.4 Å². The third kappa shape index (κ3) is 5.96. The third-order valence-electron chi connectivity index (χ3n) is 5.09. The van der Waals surface area contributed by atoms with Crippen molar-refractivity contribution in [3.8, 4) is 5.75 Å². The van der Waals surface area contributed by atoms with E-state index in [4.69, 9.17) is 9.47 Å². The Hall–Kier alpha value is -4.37. The topological polar surface area (TPSA) is 111 Å². The standard InChI is InChI=1S/C26H22N2O6S/c1-33-23-13-11-21(12-14-23)28-35(31,32)24-8-4-7-20(16-24)26(30)34-17-25(29)27-22-10-9-18-5-2-3-6-19(18)15-22/h2-16,28H,17H2,1H3,(H,27,29). The first-order valence-electron chi connectivity index (χ1n) is 10.6. The van der Waals surface area contributed by atoms with Gasteiger partial charge in [-0.25, -0.2) is 13.2 Å². The molecule has 0 fully saturated rings. The molecule has 9 heteroatoms. The average Bonchev–Trinajstić information content (AvgIpc) is 2.87. The molecule has 35 heavy (non-hydrogen) atoms. The lowest BCUT2D eigenvalue weighted by atomic mass is 10.1. The monoisotopic (exact) mass is 490 g/mol. The lowest BCUT2D eigenvalue weighted by Gasteiger charge is -2.10. The molecule has 0 radical (unpaired) electrons. The van der Waals surface area contributed by atoms with E-state index in [1.807, 2.05) is 36.4 Å². The van der Waals surface area contributed by atoms with Crippen LogP contribution >= 0.6 is 0 Å². The number of hydrogen-bond donors (Lipinski definition) is 2. The molecule has 0 atom stereocenters. The Labute approximate surface area is 202 Å². The number of ether oxygens (including phenoxy) is 2. The largest absolute Gasteiger partial charge is 0.497 e. The van der Waals surface area contributed by atoms with E-state index in [-0.39, 0.29) is 10.5 Å². The summed E-state index contributed by atoms with van der Waals surface area (Å²) in [5.74, 6) is -0.749. The van der Waals surface area contributed by atoms with E-state index in [1.165, 1.54) is 31.4 Å². The van der Waals surface area contributed by atoms with Crippen LogP contribution in [0.3, 0.4) is 0 Å². The fourth-order valence-corrected chi connectivity index (χ4v) is 4.45. The summed E-state index contributed by atoms with van der Waals surface area (Å²) in [6.07, 6.45) is 0. The van der Waals surface area contributed by atoms with Gasteiger partial charge in [0.05, 0.1) is 17.6 Å². The van der Waals surface area contributed by atoms with Crippen molar-refractivity contribution in [3.05, 3.63) is 96.6 Å². The molecular weight excluding hydrogens is 468 g/mol. The summed E-state index contributed by atoms with van der Waals surface area (Å²) in [6, 6.07) is 24.9. The molecule has 4 aromatic rings. The molecule has 0 heterocycles. The molecule has 1 amide bonds. The highest BCUT2D eigenvalue weighted by molar-refractivity contribution is 7.92. The van der Waals surface area contributed by atoms with Crippen LogP contribution in [0.5, 0.6) is 5.75 Å². The van der Waals surface area contributed by atoms with Crippen molar-refractivity contribution in [2.24, 2.45) is 0 Å². The molecule has 0 saturated heterocycles. The molecule has 4 aromatic carbocycles. The second-order valence-corrected chi connectivity index (χ2v) is 9.23. The van der Waals surface area contributed by atoms with Gasteiger partial charge in [0.1, 0.15) is 5.75 Å². The van der Waals surface area contributed by atoms with Gasteiger partial charge in [0.25, 0.3) is 15.9 Å². The Morgan fingerprint density at radius 2 is 1.51 bits per heavy atom. The number of anilines is 2. The van der Waals surface area contributed by atoms with E-state index in [0.29, 0.717) is 17.1 Å². The third-order valence-corrected chi connectivity index (χ3v) is 6.47. The quantitative estimate of drug-likeness (QED) is 0.353. The van der Waals surface area contributed by atoms with E-state index in [0.717, 1.165) is 10.8 Å². The van der Waals surface area contributed by atoms with E-state index in [1.54, 1.807) is 30.3 Å². The second kappa shape index (κ2) is 10.3. The molecule has 0 aliphatic rings. The highest BCUT2D eigenvalue weighted by Crippen LogP contribution is 2.21. The van der Waals surface area contributed by atoms with Crippen LogP contribution in [0.4, 0.5) is 11.4 Å². The summed E-state index contributed by atoms with van der Waals surface area (Å²) in [7, 11) is -2.45. The van der Waals surface area contributed by atoms with Crippen molar-refractivity contribution in [3.63, 3.8) is 0 Å². The number of rotatable bonds is 8. The molecule has 4 rings (SSSR count). The van der Waals surface area contributed by atoms with Crippen LogP contribution in [0.15, 0.2) is 95.9 Å². The molecule has 0 unspecified atom stereocenters. The van der Waals surface area contributed by atoms with Gasteiger partial charge in [-0.05, 0) is 65.4 Å². The summed E-state index contributed by atoms with van der Waals surface area (Å²) in [5, 5.41) is 4.68. The molecule has 0 saturated carbocycles. The number of fused-ring (bicyclic) bond motifs is 1. The van der Waals surface area contributed by atoms with Gasteiger partial charge in [0.15, 0.2) is 6.61 Å². The normalized spacial score (nSPS) is 11.0. The number of carbonyl (C=O) groups excluding carboxylic acids is 2. The zero-order chi connectivity index (χ0) is 24.8. The van der Waals surface area contributed by atoms with Crippen LogP contribution in [-0.2, 0) is 19.6 Å². The van der Waals surface area contributed by atoms with Crippen molar-refractivity contribution in [2.45, 2.75) is 4.90 Å². The van der Waals surface area contributed by atoms with E-state index in [2.05, 4.69) is 10.0 Å². The maximum absolute atomic E-state index is 12.7. The van der Waals surface area contributed by atoms with Gasteiger partial charge < -0.3 is 14.8 Å². The van der Waals surface area contributed by atoms with Crippen LogP contribution in [0.25, 0.3) is 10.8 Å². The Morgan fingerprint density at radius 3 is 2.26 bits per heavy atom. The highest BCUT2D eigenvalue weighted by Gasteiger charge is 2.18. The number of nitrogens with one attached hydrogen (secondary N) is 2. The number of hydrogen-bond acceptors (Lipinski definition) is 6. The van der Waals surface area contributed by atoms with Crippen LogP contribution < -0.4 is 14.8 Å². The Bertz CT molecular complexity index is 1480. The first-order valence-corrected chi connectivity index (χ1v) is 12.0. The molecule has 0 bridgehead atoms. The Morgan fingerprint density at radius 1 is 0.800 bits per heavy atom. The van der Waals surface area contributed by atoms with Crippen molar-refractivity contribution in [1.82, 2.24) is 0 Å². The van der Waals surface area contributed by atoms with Gasteiger partial charge in [-0.2, -0.15) is 0 Å². The van der Waals surface area contributed by atoms with Gasteiger partial charge in [0, 0.05) is 11.4 Å². The molecule has 0 spiro atoms. The summed E-state index contributed by atoms with van der Waals surface area (Å²) in [5.41, 5.74) is 0.910. The summed E-state index contributed by atoms with van der Waals surface area (Å²) in [6.45, 7) is -0.521. The van der Waals surface area contributed by atoms with Crippen molar-refractivity contribution in [2.75, 3.05) is 23.8 Å². The van der Waals surface area contributed by atoms with E-state index >= 15 is 0 Å². The number of carbonyl (C=O) groups is 2. The Kier molecular flexibility index (Phi) is 6.98. The average molecular weight is 491 g/mol. The second-order valence-electron chi connectivity index (χ2n) is 7.55. The molecule has 0 aliphatic heterocycles. The SMILES string of the molecule is COc1ccc(NS(=O)(=O)c2cccc(C(=O)OCC(=O)Nc3ccc4ccccc4c3)c2)cc1. The highest BCUT2D eigenvalue weighted by atomic mass is 32.2. The van der Waals surface area contributed by atoms with Crippen LogP contribution in [0.1, 0.15) is 10.4 Å². The first kappa shape index (κ1) is 23.8. The van der Waals surface area contributed by atoms with Crippen molar-refractivity contribution < 1.29 is 27.5 Å². The minimum Gasteiger partial charge on any atom is -0.497 e. The van der Waals surface area contributed by atoms with Gasteiger partial charge in [0.2, 0.25) is 0 Å². The van der Waals surface area contributed by atoms with Crippen LogP contribution in [-0.4, -0.2) is 34.0 Å². The van der Waals surface area contributed by atoms with Gasteiger partial charge in [-0.3, -0.25) is 9.52 Å². The minimum atomic E-state index is -3.96. The maximum atomic E-state index is 12.7. The van der Waals surface area contributed by atoms with Gasteiger partial charge >= 0.3 is 5.97 Å². The summed E-state index contributed by atoms with van der Waals surface area (Å²) >= 11 is 0. The minimum absolute atomic E-state index is 0.00103. The molecule has 0 aromatic heterocycles. The molecule has 178 valence electrons. The summed E-state index contributed by atoms with van der Waals surface area (Å²) < 4.78 is 38.1. The predicted octanol–water partition coefficient (Wildman–Crippen LogP) is 4.44. The number of benzene rings is 4. The van der Waals surface area contributed by atoms with Crippen LogP contribution in [0, 0.1) is 0 Å². The fourth-order valence-electron chi connectivity index (χ4n) is 3.34. The number of methoxy groups -OCH3 is 1. The van der Waals surface area contributed by atoms with Crippen molar-refractivity contribution in [1.29, 1.82) is 0 Å². The number of esters is 1. The van der Waals surface area contributed by atoms with E-state index < -0.39 is 28.5 Å². The van der Waals surface area contributed by atoms with Crippen LogP contribution in [0.2, 0.25) is 0 Å². The molecule has 2 N–H and O–H groups in total. The lowest BCUT2D eigenvalue weighted by molar-refractivity contribution is -0.119. The van der Waals surface area contributed by atoms with Crippen molar-refractivity contribution >= 4 is 44.0 Å². The van der Waals surface area contributed by atoms with Gasteiger partial charge in [-0.15, -0.1) is 0 Å². The zero-order valence-electron chi connectivity index (χ0n) is 18.7.